The highest BCUT2D eigenvalue weighted by Gasteiger charge is 2.28. The van der Waals surface area contributed by atoms with Gasteiger partial charge in [-0.05, 0) is 36.8 Å². The van der Waals surface area contributed by atoms with Crippen LogP contribution in [-0.2, 0) is 14.8 Å². The zero-order valence-electron chi connectivity index (χ0n) is 16.4. The molecule has 160 valence electrons. The molecule has 1 aliphatic heterocycles. The Morgan fingerprint density at radius 2 is 1.73 bits per heavy atom. The van der Waals surface area contributed by atoms with Crippen LogP contribution in [0.1, 0.15) is 11.1 Å². The molecule has 0 saturated carbocycles. The van der Waals surface area contributed by atoms with E-state index in [1.807, 2.05) is 11.8 Å². The summed E-state index contributed by atoms with van der Waals surface area (Å²) in [6, 6.07) is 11.8. The van der Waals surface area contributed by atoms with Gasteiger partial charge in [0, 0.05) is 26.2 Å². The van der Waals surface area contributed by atoms with Gasteiger partial charge in [-0.1, -0.05) is 47.0 Å². The lowest BCUT2D eigenvalue weighted by molar-refractivity contribution is -0.122. The maximum atomic E-state index is 12.7. The van der Waals surface area contributed by atoms with Crippen LogP contribution in [0.5, 0.6) is 0 Å². The lowest BCUT2D eigenvalue weighted by Crippen LogP contribution is -2.50. The predicted molar refractivity (Wildman–Crippen MR) is 119 cm³/mol. The van der Waals surface area contributed by atoms with Crippen molar-refractivity contribution in [1.29, 1.82) is 0 Å². The van der Waals surface area contributed by atoms with Crippen LogP contribution in [0.25, 0.3) is 0 Å². The number of halogens is 2. The molecular weight excluding hydrogens is 447 g/mol. The van der Waals surface area contributed by atoms with Crippen molar-refractivity contribution in [3.05, 3.63) is 63.6 Å². The lowest BCUT2D eigenvalue weighted by Gasteiger charge is -2.33. The summed E-state index contributed by atoms with van der Waals surface area (Å²) >= 11 is 11.8. The third-order valence-corrected chi connectivity index (χ3v) is 7.36. The smallest absolute Gasteiger partial charge is 0.254 e. The zero-order valence-corrected chi connectivity index (χ0v) is 18.7. The number of aryl methyl sites for hydroxylation is 1. The topological polar surface area (TPSA) is 82.1 Å². The standard InChI is InChI=1S/C20H22Cl2N4O3S/c1-15-2-5-17(6-3-15)30(28,29)26-10-8-25(9-11-26)14-20(27)24-23-13-16-4-7-18(21)19(22)12-16/h2-7,12-13H,8-11,14H2,1H3,(H,24,27)/b23-13-. The number of nitrogens with zero attached hydrogens (tertiary/aromatic N) is 3. The first kappa shape index (κ1) is 22.7. The third-order valence-electron chi connectivity index (χ3n) is 4.70. The summed E-state index contributed by atoms with van der Waals surface area (Å²) in [7, 11) is -3.52. The molecule has 0 radical (unpaired) electrons. The summed E-state index contributed by atoms with van der Waals surface area (Å²) in [4.78, 5) is 14.3. The molecule has 0 bridgehead atoms. The molecular formula is C20H22Cl2N4O3S. The molecule has 1 saturated heterocycles. The molecule has 0 aliphatic carbocycles. The highest BCUT2D eigenvalue weighted by atomic mass is 35.5. The second-order valence-corrected chi connectivity index (χ2v) is 9.71. The van der Waals surface area contributed by atoms with Crippen LogP contribution in [0.4, 0.5) is 0 Å². The molecule has 0 atom stereocenters. The highest BCUT2D eigenvalue weighted by Crippen LogP contribution is 2.22. The number of sulfonamides is 1. The molecule has 1 fully saturated rings. The molecule has 2 aromatic rings. The zero-order chi connectivity index (χ0) is 21.7. The van der Waals surface area contributed by atoms with E-state index in [1.54, 1.807) is 42.5 Å². The maximum Gasteiger partial charge on any atom is 0.254 e. The van der Waals surface area contributed by atoms with Gasteiger partial charge in [0.1, 0.15) is 0 Å². The van der Waals surface area contributed by atoms with E-state index in [0.717, 1.165) is 5.56 Å². The van der Waals surface area contributed by atoms with E-state index < -0.39 is 10.0 Å². The largest absolute Gasteiger partial charge is 0.292 e. The average molecular weight is 469 g/mol. The van der Waals surface area contributed by atoms with Crippen LogP contribution >= 0.6 is 23.2 Å². The molecule has 10 heteroatoms. The Hall–Kier alpha value is -1.97. The fourth-order valence-electron chi connectivity index (χ4n) is 3.00. The van der Waals surface area contributed by atoms with Gasteiger partial charge in [0.15, 0.2) is 0 Å². The third kappa shape index (κ3) is 5.80. The van der Waals surface area contributed by atoms with Gasteiger partial charge in [-0.25, -0.2) is 13.8 Å². The van der Waals surface area contributed by atoms with Crippen LogP contribution < -0.4 is 5.43 Å². The van der Waals surface area contributed by atoms with Crippen LogP contribution in [0.15, 0.2) is 52.5 Å². The number of rotatable bonds is 6. The molecule has 1 heterocycles. The van der Waals surface area contributed by atoms with Crippen molar-refractivity contribution < 1.29 is 13.2 Å². The first-order valence-corrected chi connectivity index (χ1v) is 11.5. The maximum absolute atomic E-state index is 12.7. The Kier molecular flexibility index (Phi) is 7.49. The second-order valence-electron chi connectivity index (χ2n) is 6.96. The summed E-state index contributed by atoms with van der Waals surface area (Å²) in [6.07, 6.45) is 1.48. The second kappa shape index (κ2) is 9.89. The first-order chi connectivity index (χ1) is 14.3. The molecule has 1 N–H and O–H groups in total. The fraction of sp³-hybridized carbons (Fsp3) is 0.300. The highest BCUT2D eigenvalue weighted by molar-refractivity contribution is 7.89. The number of piperazine rings is 1. The fourth-order valence-corrected chi connectivity index (χ4v) is 4.73. The number of carbonyl (C=O) groups is 1. The van der Waals surface area contributed by atoms with Gasteiger partial charge in [-0.2, -0.15) is 9.41 Å². The number of carbonyl (C=O) groups excluding carboxylic acids is 1. The summed E-state index contributed by atoms with van der Waals surface area (Å²) in [6.45, 7) is 3.64. The average Bonchev–Trinajstić information content (AvgIpc) is 2.71. The number of amides is 1. The quantitative estimate of drug-likeness (QED) is 0.521. The molecule has 0 spiro atoms. The number of hydrogen-bond acceptors (Lipinski definition) is 5. The van der Waals surface area contributed by atoms with Crippen molar-refractivity contribution in [2.75, 3.05) is 32.7 Å². The number of hydrazone groups is 1. The van der Waals surface area contributed by atoms with Gasteiger partial charge in [0.05, 0.1) is 27.7 Å². The SMILES string of the molecule is Cc1ccc(S(=O)(=O)N2CCN(CC(=O)N/N=C\c3ccc(Cl)c(Cl)c3)CC2)cc1. The van der Waals surface area contributed by atoms with Gasteiger partial charge >= 0.3 is 0 Å². The number of hydrogen-bond donors (Lipinski definition) is 1. The van der Waals surface area contributed by atoms with Gasteiger partial charge in [0.25, 0.3) is 5.91 Å². The number of benzene rings is 2. The number of nitrogens with one attached hydrogen (secondary N) is 1. The molecule has 30 heavy (non-hydrogen) atoms. The van der Waals surface area contributed by atoms with Crippen molar-refractivity contribution in [3.8, 4) is 0 Å². The van der Waals surface area contributed by atoms with Crippen molar-refractivity contribution in [2.24, 2.45) is 5.10 Å². The van der Waals surface area contributed by atoms with Crippen LogP contribution in [0, 0.1) is 6.92 Å². The van der Waals surface area contributed by atoms with Gasteiger partial charge < -0.3 is 0 Å². The van der Waals surface area contributed by atoms with Crippen molar-refractivity contribution in [3.63, 3.8) is 0 Å². The minimum atomic E-state index is -3.52. The normalized spacial score (nSPS) is 16.1. The van der Waals surface area contributed by atoms with Crippen molar-refractivity contribution in [1.82, 2.24) is 14.6 Å². The van der Waals surface area contributed by atoms with Gasteiger partial charge in [-0.15, -0.1) is 0 Å². The van der Waals surface area contributed by atoms with E-state index in [9.17, 15) is 13.2 Å². The molecule has 0 aromatic heterocycles. The summed E-state index contributed by atoms with van der Waals surface area (Å²) in [5.41, 5.74) is 4.18. The Balaban J connectivity index is 1.48. The van der Waals surface area contributed by atoms with E-state index in [2.05, 4.69) is 10.5 Å². The van der Waals surface area contributed by atoms with Crippen molar-refractivity contribution in [2.45, 2.75) is 11.8 Å². The Labute approximate surface area is 186 Å². The van der Waals surface area contributed by atoms with Gasteiger partial charge in [-0.3, -0.25) is 9.69 Å². The molecule has 0 unspecified atom stereocenters. The van der Waals surface area contributed by atoms with Crippen LogP contribution in [0.3, 0.4) is 0 Å². The Morgan fingerprint density at radius 1 is 1.07 bits per heavy atom. The molecule has 7 nitrogen and oxygen atoms in total. The minimum Gasteiger partial charge on any atom is -0.292 e. The minimum absolute atomic E-state index is 0.136. The molecule has 1 amide bonds. The van der Waals surface area contributed by atoms with E-state index >= 15 is 0 Å². The van der Waals surface area contributed by atoms with Crippen molar-refractivity contribution >= 4 is 45.3 Å². The predicted octanol–water partition coefficient (Wildman–Crippen LogP) is 2.76. The lowest BCUT2D eigenvalue weighted by atomic mass is 10.2. The van der Waals surface area contributed by atoms with Crippen LogP contribution in [0.2, 0.25) is 10.0 Å². The van der Waals surface area contributed by atoms with Gasteiger partial charge in [0.2, 0.25) is 10.0 Å². The van der Waals surface area contributed by atoms with E-state index in [4.69, 9.17) is 23.2 Å². The van der Waals surface area contributed by atoms with E-state index in [-0.39, 0.29) is 17.3 Å². The summed E-state index contributed by atoms with van der Waals surface area (Å²) in [5, 5.41) is 4.77. The van der Waals surface area contributed by atoms with E-state index in [1.165, 1.54) is 10.5 Å². The Bertz CT molecular complexity index is 1030. The first-order valence-electron chi connectivity index (χ1n) is 9.32. The Morgan fingerprint density at radius 3 is 2.37 bits per heavy atom. The summed E-state index contributed by atoms with van der Waals surface area (Å²) < 4.78 is 26.9. The monoisotopic (exact) mass is 468 g/mol. The molecule has 2 aromatic carbocycles. The van der Waals surface area contributed by atoms with E-state index in [0.29, 0.717) is 41.8 Å². The summed E-state index contributed by atoms with van der Waals surface area (Å²) in [5.74, 6) is -0.277. The van der Waals surface area contributed by atoms with Crippen LogP contribution in [-0.4, -0.2) is 62.5 Å². The molecule has 3 rings (SSSR count). The molecule has 1 aliphatic rings.